The van der Waals surface area contributed by atoms with Crippen LogP contribution in [0.15, 0.2) is 36.4 Å². The summed E-state index contributed by atoms with van der Waals surface area (Å²) in [7, 11) is 0. The van der Waals surface area contributed by atoms with Gasteiger partial charge in [0.05, 0.1) is 0 Å². The number of hydrogen-bond donors (Lipinski definition) is 1. The number of rotatable bonds is 4. The minimum absolute atomic E-state index is 0.0202. The molecule has 25 heavy (non-hydrogen) atoms. The first kappa shape index (κ1) is 17.4. The number of piperidine rings is 1. The lowest BCUT2D eigenvalue weighted by atomic mass is 10.00. The highest BCUT2D eigenvalue weighted by molar-refractivity contribution is 5.92. The molecular weight excluding hydrogens is 312 g/mol. The van der Waals surface area contributed by atoms with Crippen LogP contribution < -0.4 is 5.32 Å². The van der Waals surface area contributed by atoms with Crippen molar-refractivity contribution in [3.05, 3.63) is 47.7 Å². The van der Waals surface area contributed by atoms with Crippen LogP contribution in [0.3, 0.4) is 0 Å². The second-order valence-corrected chi connectivity index (χ2v) is 7.17. The lowest BCUT2D eigenvalue weighted by Crippen LogP contribution is -2.39. The maximum atomic E-state index is 12.6. The Labute approximate surface area is 149 Å². The Morgan fingerprint density at radius 3 is 2.68 bits per heavy atom. The number of nitrogens with one attached hydrogen (secondary N) is 1. The highest BCUT2D eigenvalue weighted by Crippen LogP contribution is 2.26. The average Bonchev–Trinajstić information content (AvgIpc) is 2.62. The van der Waals surface area contributed by atoms with Gasteiger partial charge in [-0.3, -0.25) is 4.79 Å². The van der Waals surface area contributed by atoms with E-state index in [1.165, 1.54) is 12.0 Å². The van der Waals surface area contributed by atoms with Crippen LogP contribution in [0.25, 0.3) is 0 Å². The monoisotopic (exact) mass is 338 g/mol. The smallest absolute Gasteiger partial charge is 0.274 e. The van der Waals surface area contributed by atoms with Gasteiger partial charge in [-0.15, -0.1) is 10.2 Å². The van der Waals surface area contributed by atoms with Crippen molar-refractivity contribution in [3.63, 3.8) is 0 Å². The lowest BCUT2D eigenvalue weighted by Gasteiger charge is -2.30. The molecule has 1 aromatic carbocycles. The minimum Gasteiger partial charge on any atom is -0.338 e. The highest BCUT2D eigenvalue weighted by atomic mass is 16.2. The molecule has 0 bridgehead atoms. The number of anilines is 2. The van der Waals surface area contributed by atoms with E-state index in [9.17, 15) is 4.79 Å². The number of benzene rings is 1. The first-order valence-corrected chi connectivity index (χ1v) is 9.03. The third-order valence-corrected chi connectivity index (χ3v) is 4.67. The molecule has 2 heterocycles. The largest absolute Gasteiger partial charge is 0.338 e. The molecule has 0 aliphatic carbocycles. The first-order valence-electron chi connectivity index (χ1n) is 9.03. The van der Waals surface area contributed by atoms with E-state index < -0.39 is 0 Å². The Balaban J connectivity index is 1.71. The molecule has 2 aromatic rings. The lowest BCUT2D eigenvalue weighted by molar-refractivity contribution is 0.0676. The molecule has 1 N–H and O–H groups in total. The van der Waals surface area contributed by atoms with Gasteiger partial charge in [0.15, 0.2) is 11.5 Å². The summed E-state index contributed by atoms with van der Waals surface area (Å²) in [6.07, 6.45) is 2.25. The van der Waals surface area contributed by atoms with Crippen molar-refractivity contribution >= 4 is 17.4 Å². The Bertz CT molecular complexity index is 727. The van der Waals surface area contributed by atoms with Crippen LogP contribution >= 0.6 is 0 Å². The minimum atomic E-state index is -0.0202. The van der Waals surface area contributed by atoms with Crippen LogP contribution in [-0.2, 0) is 0 Å². The van der Waals surface area contributed by atoms with Gasteiger partial charge in [-0.2, -0.15) is 0 Å². The number of para-hydroxylation sites is 1. The van der Waals surface area contributed by atoms with Gasteiger partial charge < -0.3 is 10.2 Å². The molecule has 0 radical (unpaired) electrons. The van der Waals surface area contributed by atoms with E-state index >= 15 is 0 Å². The van der Waals surface area contributed by atoms with Crippen molar-refractivity contribution in [2.75, 3.05) is 18.4 Å². The van der Waals surface area contributed by atoms with Crippen molar-refractivity contribution < 1.29 is 4.79 Å². The molecule has 132 valence electrons. The molecule has 1 saturated heterocycles. The van der Waals surface area contributed by atoms with E-state index in [1.54, 1.807) is 6.07 Å². The third-order valence-electron chi connectivity index (χ3n) is 4.67. The number of amides is 1. The summed E-state index contributed by atoms with van der Waals surface area (Å²) >= 11 is 0. The number of aromatic nitrogens is 2. The summed E-state index contributed by atoms with van der Waals surface area (Å²) in [6, 6.07) is 11.8. The summed E-state index contributed by atoms with van der Waals surface area (Å²) in [5, 5.41) is 11.7. The zero-order valence-electron chi connectivity index (χ0n) is 15.2. The van der Waals surface area contributed by atoms with Gasteiger partial charge in [0.2, 0.25) is 0 Å². The van der Waals surface area contributed by atoms with Gasteiger partial charge >= 0.3 is 0 Å². The van der Waals surface area contributed by atoms with Gasteiger partial charge in [0.1, 0.15) is 0 Å². The highest BCUT2D eigenvalue weighted by Gasteiger charge is 2.23. The predicted octanol–water partition coefficient (Wildman–Crippen LogP) is 4.22. The predicted molar refractivity (Wildman–Crippen MR) is 100 cm³/mol. The maximum Gasteiger partial charge on any atom is 0.274 e. The van der Waals surface area contributed by atoms with Crippen LogP contribution in [0, 0.1) is 5.92 Å². The molecule has 1 atom stereocenters. The van der Waals surface area contributed by atoms with Gasteiger partial charge in [0, 0.05) is 18.8 Å². The molecule has 3 rings (SSSR count). The van der Waals surface area contributed by atoms with Crippen molar-refractivity contribution in [2.45, 2.75) is 39.5 Å². The van der Waals surface area contributed by atoms with Gasteiger partial charge in [-0.25, -0.2) is 0 Å². The molecule has 0 saturated carbocycles. The fourth-order valence-electron chi connectivity index (χ4n) is 3.30. The zero-order chi connectivity index (χ0) is 17.8. The fourth-order valence-corrected chi connectivity index (χ4v) is 3.30. The van der Waals surface area contributed by atoms with Crippen LogP contribution in [0.4, 0.5) is 11.5 Å². The number of carbonyl (C=O) groups excluding carboxylic acids is 1. The van der Waals surface area contributed by atoms with Gasteiger partial charge in [-0.1, -0.05) is 39.0 Å². The van der Waals surface area contributed by atoms with E-state index in [2.05, 4.69) is 42.4 Å². The second-order valence-electron chi connectivity index (χ2n) is 7.17. The zero-order valence-corrected chi connectivity index (χ0v) is 15.2. The maximum absolute atomic E-state index is 12.6. The average molecular weight is 338 g/mol. The molecule has 1 fully saturated rings. The SMILES string of the molecule is CC1CCCN(C(=O)c2ccc(Nc3ccccc3C(C)C)nn2)C1. The molecule has 1 aliphatic rings. The summed E-state index contributed by atoms with van der Waals surface area (Å²) in [6.45, 7) is 8.13. The van der Waals surface area contributed by atoms with E-state index in [0.717, 1.165) is 25.2 Å². The quantitative estimate of drug-likeness (QED) is 0.907. The van der Waals surface area contributed by atoms with Crippen molar-refractivity contribution in [1.82, 2.24) is 15.1 Å². The van der Waals surface area contributed by atoms with E-state index in [4.69, 9.17) is 0 Å². The number of hydrogen-bond acceptors (Lipinski definition) is 4. The molecule has 1 aliphatic heterocycles. The van der Waals surface area contributed by atoms with Crippen LogP contribution in [-0.4, -0.2) is 34.1 Å². The second kappa shape index (κ2) is 7.64. The van der Waals surface area contributed by atoms with Gasteiger partial charge in [0.25, 0.3) is 5.91 Å². The Kier molecular flexibility index (Phi) is 5.31. The molecule has 1 unspecified atom stereocenters. The molecule has 5 heteroatoms. The summed E-state index contributed by atoms with van der Waals surface area (Å²) in [5.74, 6) is 1.60. The van der Waals surface area contributed by atoms with Crippen molar-refractivity contribution in [3.8, 4) is 0 Å². The fraction of sp³-hybridized carbons (Fsp3) is 0.450. The Morgan fingerprint density at radius 1 is 1.20 bits per heavy atom. The molecular formula is C20H26N4O. The van der Waals surface area contributed by atoms with Gasteiger partial charge in [-0.05, 0) is 48.4 Å². The van der Waals surface area contributed by atoms with E-state index in [0.29, 0.717) is 23.3 Å². The summed E-state index contributed by atoms with van der Waals surface area (Å²) < 4.78 is 0. The molecule has 0 spiro atoms. The first-order chi connectivity index (χ1) is 12.0. The van der Waals surface area contributed by atoms with Crippen LogP contribution in [0.5, 0.6) is 0 Å². The topological polar surface area (TPSA) is 58.1 Å². The van der Waals surface area contributed by atoms with Crippen molar-refractivity contribution in [1.29, 1.82) is 0 Å². The van der Waals surface area contributed by atoms with Crippen molar-refractivity contribution in [2.24, 2.45) is 5.92 Å². The molecule has 5 nitrogen and oxygen atoms in total. The normalized spacial score (nSPS) is 17.6. The van der Waals surface area contributed by atoms with Crippen LogP contribution in [0.1, 0.15) is 55.6 Å². The molecule has 1 aromatic heterocycles. The number of likely N-dealkylation sites (tertiary alicyclic amines) is 1. The Hall–Kier alpha value is -2.43. The van der Waals surface area contributed by atoms with Crippen LogP contribution in [0.2, 0.25) is 0 Å². The number of nitrogens with zero attached hydrogens (tertiary/aromatic N) is 3. The standard InChI is InChI=1S/C20H26N4O/c1-14(2)16-8-4-5-9-17(16)21-19-11-10-18(22-23-19)20(25)24-12-6-7-15(3)13-24/h4-5,8-11,14-15H,6-7,12-13H2,1-3H3,(H,21,23). The number of carbonyl (C=O) groups is 1. The third kappa shape index (κ3) is 4.16. The molecule has 1 amide bonds. The summed E-state index contributed by atoms with van der Waals surface area (Å²) in [4.78, 5) is 14.4. The van der Waals surface area contributed by atoms with E-state index in [1.807, 2.05) is 29.2 Å². The summed E-state index contributed by atoms with van der Waals surface area (Å²) in [5.41, 5.74) is 2.67. The van der Waals surface area contributed by atoms with E-state index in [-0.39, 0.29) is 5.91 Å². The Morgan fingerprint density at radius 2 is 2.00 bits per heavy atom.